The van der Waals surface area contributed by atoms with Crippen LogP contribution < -0.4 is 11.1 Å². The fraction of sp³-hybridized carbons (Fsp3) is 0.571. The molecule has 1 unspecified atom stereocenters. The van der Waals surface area contributed by atoms with Gasteiger partial charge in [-0.1, -0.05) is 50.3 Å². The molecule has 0 spiro atoms. The van der Waals surface area contributed by atoms with Crippen LogP contribution in [0.5, 0.6) is 0 Å². The van der Waals surface area contributed by atoms with Crippen LogP contribution in [0, 0.1) is 5.92 Å². The second kappa shape index (κ2) is 5.90. The Morgan fingerprint density at radius 2 is 1.81 bits per heavy atom. The summed E-state index contributed by atoms with van der Waals surface area (Å²) in [7, 11) is 0. The summed E-state index contributed by atoms with van der Waals surface area (Å²) in [6.45, 7) is 0. The molecule has 0 saturated heterocycles. The predicted octanol–water partition coefficient (Wildman–Crippen LogP) is 3.35. The number of para-hydroxylation sites is 1. The fourth-order valence-electron chi connectivity index (χ4n) is 2.59. The monoisotopic (exact) mass is 218 g/mol. The minimum absolute atomic E-state index is 0.102. The van der Waals surface area contributed by atoms with Crippen LogP contribution in [0.15, 0.2) is 30.3 Å². The molecule has 1 aliphatic carbocycles. The highest BCUT2D eigenvalue weighted by atomic mass is 15.0. The molecule has 1 atom stereocenters. The summed E-state index contributed by atoms with van der Waals surface area (Å²) in [5, 5.41) is 3.37. The summed E-state index contributed by atoms with van der Waals surface area (Å²) in [5.74, 6) is 0.833. The summed E-state index contributed by atoms with van der Waals surface area (Å²) < 4.78 is 0. The topological polar surface area (TPSA) is 38.0 Å². The van der Waals surface area contributed by atoms with Crippen molar-refractivity contribution in [1.29, 1.82) is 0 Å². The third kappa shape index (κ3) is 3.53. The Labute approximate surface area is 98.2 Å². The van der Waals surface area contributed by atoms with Gasteiger partial charge in [0.15, 0.2) is 0 Å². The molecule has 0 amide bonds. The van der Waals surface area contributed by atoms with E-state index in [-0.39, 0.29) is 6.17 Å². The van der Waals surface area contributed by atoms with E-state index in [2.05, 4.69) is 17.4 Å². The van der Waals surface area contributed by atoms with Crippen molar-refractivity contribution in [3.63, 3.8) is 0 Å². The molecular formula is C14H22N2. The Balaban J connectivity index is 1.77. The predicted molar refractivity (Wildman–Crippen MR) is 69.2 cm³/mol. The van der Waals surface area contributed by atoms with Crippen LogP contribution >= 0.6 is 0 Å². The zero-order valence-electron chi connectivity index (χ0n) is 9.86. The highest BCUT2D eigenvalue weighted by molar-refractivity contribution is 5.43. The van der Waals surface area contributed by atoms with Gasteiger partial charge in [-0.15, -0.1) is 0 Å². The molecule has 0 bridgehead atoms. The van der Waals surface area contributed by atoms with Crippen molar-refractivity contribution in [2.24, 2.45) is 11.7 Å². The molecule has 2 nitrogen and oxygen atoms in total. The van der Waals surface area contributed by atoms with E-state index in [0.717, 1.165) is 18.0 Å². The molecular weight excluding hydrogens is 196 g/mol. The van der Waals surface area contributed by atoms with Crippen molar-refractivity contribution in [2.45, 2.75) is 44.7 Å². The number of anilines is 1. The van der Waals surface area contributed by atoms with Gasteiger partial charge < -0.3 is 11.1 Å². The molecule has 1 fully saturated rings. The van der Waals surface area contributed by atoms with Crippen molar-refractivity contribution < 1.29 is 0 Å². The van der Waals surface area contributed by atoms with Crippen LogP contribution in [0.3, 0.4) is 0 Å². The minimum Gasteiger partial charge on any atom is -0.370 e. The van der Waals surface area contributed by atoms with Gasteiger partial charge in [-0.3, -0.25) is 0 Å². The maximum atomic E-state index is 6.13. The third-order valence-electron chi connectivity index (χ3n) is 3.44. The van der Waals surface area contributed by atoms with Gasteiger partial charge in [0.1, 0.15) is 0 Å². The van der Waals surface area contributed by atoms with Crippen molar-refractivity contribution in [3.8, 4) is 0 Å². The van der Waals surface area contributed by atoms with Crippen LogP contribution in [-0.4, -0.2) is 6.17 Å². The fourth-order valence-corrected chi connectivity index (χ4v) is 2.59. The van der Waals surface area contributed by atoms with Crippen LogP contribution in [0.4, 0.5) is 5.69 Å². The van der Waals surface area contributed by atoms with E-state index in [4.69, 9.17) is 5.73 Å². The smallest absolute Gasteiger partial charge is 0.0745 e. The second-order valence-corrected chi connectivity index (χ2v) is 4.86. The lowest BCUT2D eigenvalue weighted by molar-refractivity contribution is 0.325. The van der Waals surface area contributed by atoms with Gasteiger partial charge >= 0.3 is 0 Å². The molecule has 0 aromatic heterocycles. The van der Waals surface area contributed by atoms with Crippen molar-refractivity contribution in [3.05, 3.63) is 30.3 Å². The molecule has 0 aliphatic heterocycles. The van der Waals surface area contributed by atoms with Crippen molar-refractivity contribution in [2.75, 3.05) is 5.32 Å². The van der Waals surface area contributed by atoms with Gasteiger partial charge in [-0.25, -0.2) is 0 Å². The molecule has 0 heterocycles. The summed E-state index contributed by atoms with van der Waals surface area (Å²) in [6.07, 6.45) is 8.14. The first-order chi connectivity index (χ1) is 7.84. The number of nitrogens with one attached hydrogen (secondary N) is 1. The van der Waals surface area contributed by atoms with Crippen LogP contribution in [-0.2, 0) is 0 Å². The lowest BCUT2D eigenvalue weighted by Gasteiger charge is -2.25. The van der Waals surface area contributed by atoms with E-state index < -0.39 is 0 Å². The van der Waals surface area contributed by atoms with E-state index >= 15 is 0 Å². The van der Waals surface area contributed by atoms with Crippen LogP contribution in [0.25, 0.3) is 0 Å². The molecule has 1 saturated carbocycles. The van der Waals surface area contributed by atoms with Gasteiger partial charge in [-0.05, 0) is 24.5 Å². The maximum Gasteiger partial charge on any atom is 0.0745 e. The first kappa shape index (κ1) is 11.5. The van der Waals surface area contributed by atoms with E-state index in [1.54, 1.807) is 0 Å². The first-order valence-electron chi connectivity index (χ1n) is 6.42. The van der Waals surface area contributed by atoms with Gasteiger partial charge in [0.05, 0.1) is 6.17 Å². The number of rotatable bonds is 4. The average Bonchev–Trinajstić information content (AvgIpc) is 2.31. The molecule has 3 N–H and O–H groups in total. The minimum atomic E-state index is 0.102. The molecule has 0 radical (unpaired) electrons. The van der Waals surface area contributed by atoms with Crippen molar-refractivity contribution in [1.82, 2.24) is 0 Å². The Hall–Kier alpha value is -1.02. The zero-order valence-corrected chi connectivity index (χ0v) is 9.86. The molecule has 1 aromatic carbocycles. The second-order valence-electron chi connectivity index (χ2n) is 4.86. The summed E-state index contributed by atoms with van der Waals surface area (Å²) in [4.78, 5) is 0. The third-order valence-corrected chi connectivity index (χ3v) is 3.44. The van der Waals surface area contributed by atoms with Gasteiger partial charge in [0.25, 0.3) is 0 Å². The molecule has 88 valence electrons. The Morgan fingerprint density at radius 1 is 1.12 bits per heavy atom. The number of hydrogen-bond donors (Lipinski definition) is 2. The quantitative estimate of drug-likeness (QED) is 0.761. The standard InChI is InChI=1S/C14H22N2/c15-14(11-12-7-3-1-4-8-12)16-13-9-5-2-6-10-13/h2,5-6,9-10,12,14,16H,1,3-4,7-8,11,15H2. The first-order valence-corrected chi connectivity index (χ1v) is 6.42. The van der Waals surface area contributed by atoms with Gasteiger partial charge in [0, 0.05) is 5.69 Å². The van der Waals surface area contributed by atoms with Crippen LogP contribution in [0.2, 0.25) is 0 Å². The van der Waals surface area contributed by atoms with E-state index in [0.29, 0.717) is 0 Å². The summed E-state index contributed by atoms with van der Waals surface area (Å²) in [6, 6.07) is 10.2. The Bertz CT molecular complexity index is 291. The normalized spacial score (nSPS) is 19.3. The highest BCUT2D eigenvalue weighted by Crippen LogP contribution is 2.27. The number of benzene rings is 1. The van der Waals surface area contributed by atoms with Gasteiger partial charge in [-0.2, -0.15) is 0 Å². The largest absolute Gasteiger partial charge is 0.370 e. The molecule has 16 heavy (non-hydrogen) atoms. The number of hydrogen-bond acceptors (Lipinski definition) is 2. The van der Waals surface area contributed by atoms with E-state index in [9.17, 15) is 0 Å². The van der Waals surface area contributed by atoms with Gasteiger partial charge in [0.2, 0.25) is 0 Å². The molecule has 1 aromatic rings. The van der Waals surface area contributed by atoms with E-state index in [1.165, 1.54) is 32.1 Å². The zero-order chi connectivity index (χ0) is 11.2. The van der Waals surface area contributed by atoms with Crippen molar-refractivity contribution >= 4 is 5.69 Å². The summed E-state index contributed by atoms with van der Waals surface area (Å²) in [5.41, 5.74) is 7.26. The molecule has 1 aliphatic rings. The Kier molecular flexibility index (Phi) is 4.23. The molecule has 2 rings (SSSR count). The lowest BCUT2D eigenvalue weighted by Crippen LogP contribution is -2.32. The molecule has 2 heteroatoms. The van der Waals surface area contributed by atoms with E-state index in [1.807, 2.05) is 18.2 Å². The lowest BCUT2D eigenvalue weighted by atomic mass is 9.86. The number of nitrogens with two attached hydrogens (primary N) is 1. The maximum absolute atomic E-state index is 6.13. The summed E-state index contributed by atoms with van der Waals surface area (Å²) >= 11 is 0. The highest BCUT2D eigenvalue weighted by Gasteiger charge is 2.16. The van der Waals surface area contributed by atoms with Crippen LogP contribution in [0.1, 0.15) is 38.5 Å². The SMILES string of the molecule is NC(CC1CCCCC1)Nc1ccccc1. The Morgan fingerprint density at radius 3 is 2.50 bits per heavy atom. The average molecular weight is 218 g/mol.